The Balaban J connectivity index is 1.45. The third kappa shape index (κ3) is 5.81. The Hall–Kier alpha value is -4.80. The number of anilines is 2. The molecule has 0 spiro atoms. The molecule has 2 heterocycles. The lowest BCUT2D eigenvalue weighted by Gasteiger charge is -2.23. The zero-order chi connectivity index (χ0) is 30.0. The Labute approximate surface area is 252 Å². The topological polar surface area (TPSA) is 115 Å². The Kier molecular flexibility index (Phi) is 7.45. The minimum absolute atomic E-state index is 0.235. The van der Waals surface area contributed by atoms with Crippen LogP contribution in [0.15, 0.2) is 83.6 Å². The summed E-state index contributed by atoms with van der Waals surface area (Å²) in [5, 5.41) is 35.5. The first kappa shape index (κ1) is 26.1. The highest BCUT2D eigenvalue weighted by Crippen LogP contribution is 2.38. The molecule has 0 amide bonds. The average Bonchev–Trinajstić information content (AvgIpc) is 3.75. The maximum atomic E-state index is 13.9. The molecule has 5 aromatic rings. The number of aromatic nitrogens is 4. The van der Waals surface area contributed by atoms with E-state index in [-0.39, 0.29) is 12.1 Å². The summed E-state index contributed by atoms with van der Waals surface area (Å²) in [7, 11) is 0. The van der Waals surface area contributed by atoms with Crippen molar-refractivity contribution in [2.75, 3.05) is 10.6 Å². The number of nitrogens with zero attached hydrogens (tertiary/aromatic N) is 6. The van der Waals surface area contributed by atoms with Crippen LogP contribution in [0.2, 0.25) is 0 Å². The van der Waals surface area contributed by atoms with E-state index in [1.807, 2.05) is 42.5 Å². The van der Waals surface area contributed by atoms with Crippen LogP contribution in [0.3, 0.4) is 0 Å². The van der Waals surface area contributed by atoms with Gasteiger partial charge in [-0.2, -0.15) is 10.5 Å². The van der Waals surface area contributed by atoms with Crippen molar-refractivity contribution in [3.8, 4) is 12.1 Å². The second-order valence-electron chi connectivity index (χ2n) is 10.1. The molecule has 10 heteroatoms. The lowest BCUT2D eigenvalue weighted by Crippen LogP contribution is -2.14. The largest absolute Gasteiger partial charge is 0.377 e. The van der Waals surface area contributed by atoms with Gasteiger partial charge < -0.3 is 10.6 Å². The van der Waals surface area contributed by atoms with Crippen molar-refractivity contribution in [2.45, 2.75) is 43.8 Å². The van der Waals surface area contributed by atoms with Gasteiger partial charge in [0.1, 0.15) is 17.6 Å². The molecule has 1 aliphatic carbocycles. The lowest BCUT2D eigenvalue weighted by atomic mass is 10.00. The second kappa shape index (κ2) is 12.0. The molecule has 0 bridgehead atoms. The summed E-state index contributed by atoms with van der Waals surface area (Å²) in [4.78, 5) is 4.54. The van der Waals surface area contributed by atoms with Crippen LogP contribution in [0.4, 0.5) is 15.8 Å². The van der Waals surface area contributed by atoms with Gasteiger partial charge in [0.25, 0.3) is 0 Å². The van der Waals surface area contributed by atoms with Gasteiger partial charge in [-0.1, -0.05) is 47.7 Å². The fourth-order valence-electron chi connectivity index (χ4n) is 4.92. The fourth-order valence-corrected chi connectivity index (χ4v) is 5.48. The van der Waals surface area contributed by atoms with Gasteiger partial charge in [-0.3, -0.25) is 4.98 Å². The average molecular weight is 623 g/mol. The monoisotopic (exact) mass is 621 g/mol. The van der Waals surface area contributed by atoms with Gasteiger partial charge in [0.2, 0.25) is 0 Å². The predicted octanol–water partition coefficient (Wildman–Crippen LogP) is 7.59. The van der Waals surface area contributed by atoms with Crippen LogP contribution >= 0.6 is 15.9 Å². The molecule has 2 atom stereocenters. The van der Waals surface area contributed by atoms with Gasteiger partial charge in [-0.15, -0.1) is 5.10 Å². The number of hydrogen-bond acceptors (Lipinski definition) is 7. The first-order valence-corrected chi connectivity index (χ1v) is 14.4. The van der Waals surface area contributed by atoms with Crippen molar-refractivity contribution < 1.29 is 5.76 Å². The molecule has 1 fully saturated rings. The molecular weight excluding hydrogens is 595 g/mol. The van der Waals surface area contributed by atoms with E-state index in [0.717, 1.165) is 18.4 Å². The van der Waals surface area contributed by atoms with Crippen molar-refractivity contribution in [3.63, 3.8) is 0 Å². The molecule has 8 nitrogen and oxygen atoms in total. The molecule has 2 aromatic heterocycles. The summed E-state index contributed by atoms with van der Waals surface area (Å²) in [6.45, 7) is 0. The molecule has 1 saturated carbocycles. The molecule has 0 aliphatic heterocycles. The van der Waals surface area contributed by atoms with E-state index in [9.17, 15) is 16.3 Å². The first-order chi connectivity index (χ1) is 20.9. The van der Waals surface area contributed by atoms with E-state index in [2.05, 4.69) is 54.0 Å². The highest BCUT2D eigenvalue weighted by atomic mass is 79.9. The number of fused-ring (bicyclic) bond motifs is 1. The molecule has 6 rings (SSSR count). The summed E-state index contributed by atoms with van der Waals surface area (Å²) < 4.78 is 25.9. The minimum Gasteiger partial charge on any atom is -0.377 e. The standard InChI is InChI=1S/C32H26BrFN8/c33-27-16-24(38-31(21-8-10-23(34)11-9-21)29-19-42(41-40-29)25-12-13-25)15-26-30(22(17-36)18-37-32(26)27)39-28(7-4-14-35)20-5-2-1-3-6-20/h1-3,5-6,8-11,15-16,18-19,25,28,31,38H,4,7,12-13H2,(H,37,39)/i31D. The summed E-state index contributed by atoms with van der Waals surface area (Å²) in [5.74, 6) is -0.406. The SMILES string of the molecule is [2H]C(Nc1cc(Br)c2ncc(C#N)c(NC(CCC#N)c3ccccc3)c2c1)(c1ccc(F)cc1)c1cn(C2CC2)nn1. The maximum absolute atomic E-state index is 13.9. The first-order valence-electron chi connectivity index (χ1n) is 14.1. The number of halogens is 2. The van der Waals surface area contributed by atoms with E-state index in [4.69, 9.17) is 0 Å². The molecule has 0 radical (unpaired) electrons. The van der Waals surface area contributed by atoms with Gasteiger partial charge in [0.05, 0.1) is 48.5 Å². The molecular formula is C32H26BrFN8. The van der Waals surface area contributed by atoms with Gasteiger partial charge >= 0.3 is 0 Å². The van der Waals surface area contributed by atoms with Crippen molar-refractivity contribution in [1.29, 1.82) is 10.5 Å². The number of benzene rings is 3. The van der Waals surface area contributed by atoms with Crippen LogP contribution in [-0.2, 0) is 0 Å². The van der Waals surface area contributed by atoms with Crippen molar-refractivity contribution in [3.05, 3.63) is 112 Å². The Morgan fingerprint density at radius 2 is 1.86 bits per heavy atom. The van der Waals surface area contributed by atoms with Gasteiger partial charge in [0, 0.05) is 28.2 Å². The number of nitrogens with one attached hydrogen (secondary N) is 2. The number of pyridine rings is 1. The highest BCUT2D eigenvalue weighted by Gasteiger charge is 2.27. The smallest absolute Gasteiger partial charge is 0.123 e. The van der Waals surface area contributed by atoms with Gasteiger partial charge in [-0.25, -0.2) is 9.07 Å². The zero-order valence-electron chi connectivity index (χ0n) is 23.4. The Bertz CT molecular complexity index is 1860. The number of rotatable bonds is 10. The van der Waals surface area contributed by atoms with Crippen LogP contribution < -0.4 is 10.6 Å². The molecule has 0 saturated heterocycles. The summed E-state index contributed by atoms with van der Waals surface area (Å²) in [6.07, 6.45) is 6.17. The van der Waals surface area contributed by atoms with Crippen LogP contribution in [0.5, 0.6) is 0 Å². The quantitative estimate of drug-likeness (QED) is 0.165. The molecule has 3 aromatic carbocycles. The summed E-state index contributed by atoms with van der Waals surface area (Å²) >= 11 is 3.64. The van der Waals surface area contributed by atoms with E-state index in [1.165, 1.54) is 18.3 Å². The summed E-state index contributed by atoms with van der Waals surface area (Å²) in [5.41, 5.74) is 3.92. The van der Waals surface area contributed by atoms with Crippen molar-refractivity contribution in [2.24, 2.45) is 0 Å². The Morgan fingerprint density at radius 3 is 2.57 bits per heavy atom. The van der Waals surface area contributed by atoms with Crippen LogP contribution in [0.25, 0.3) is 10.9 Å². The van der Waals surface area contributed by atoms with E-state index < -0.39 is 11.8 Å². The van der Waals surface area contributed by atoms with Crippen LogP contribution in [0, 0.1) is 28.5 Å². The second-order valence-corrected chi connectivity index (χ2v) is 11.0. The van der Waals surface area contributed by atoms with Crippen LogP contribution in [-0.4, -0.2) is 20.0 Å². The van der Waals surface area contributed by atoms with Gasteiger partial charge in [-0.05, 0) is 70.6 Å². The summed E-state index contributed by atoms with van der Waals surface area (Å²) in [6, 6.07) is 22.1. The molecule has 208 valence electrons. The maximum Gasteiger partial charge on any atom is 0.123 e. The minimum atomic E-state index is -1.61. The Morgan fingerprint density at radius 1 is 1.07 bits per heavy atom. The third-order valence-electron chi connectivity index (χ3n) is 7.20. The van der Waals surface area contributed by atoms with Crippen LogP contribution in [0.1, 0.15) is 67.5 Å². The molecule has 1 aliphatic rings. The number of nitriles is 2. The van der Waals surface area contributed by atoms with E-state index >= 15 is 0 Å². The van der Waals surface area contributed by atoms with E-state index in [0.29, 0.717) is 56.4 Å². The highest BCUT2D eigenvalue weighted by molar-refractivity contribution is 9.10. The van der Waals surface area contributed by atoms with E-state index in [1.54, 1.807) is 23.0 Å². The normalized spacial score (nSPS) is 15.2. The zero-order valence-corrected chi connectivity index (χ0v) is 24.0. The third-order valence-corrected chi connectivity index (χ3v) is 7.80. The molecule has 2 unspecified atom stereocenters. The molecule has 42 heavy (non-hydrogen) atoms. The van der Waals surface area contributed by atoms with Crippen molar-refractivity contribution >= 4 is 38.2 Å². The molecule has 2 N–H and O–H groups in total. The van der Waals surface area contributed by atoms with Crippen molar-refractivity contribution in [1.82, 2.24) is 20.0 Å². The number of hydrogen-bond donors (Lipinski definition) is 2. The fraction of sp³-hybridized carbons (Fsp3) is 0.219. The lowest BCUT2D eigenvalue weighted by molar-refractivity contribution is 0.610. The van der Waals surface area contributed by atoms with Gasteiger partial charge in [0.15, 0.2) is 0 Å². The predicted molar refractivity (Wildman–Crippen MR) is 162 cm³/mol.